The molecule has 30 heavy (non-hydrogen) atoms. The first-order chi connectivity index (χ1) is 14.5. The summed E-state index contributed by atoms with van der Waals surface area (Å²) < 4.78 is 1.96. The fourth-order valence-electron chi connectivity index (χ4n) is 5.38. The molecule has 6 rings (SSSR count). The molecule has 2 heterocycles. The molecule has 5 heteroatoms. The standard InChI is InChI=1S/C25H26N4O/c26-24(15-25(30,16-24)20-10-11-20)19-8-6-18(7-9-19)22-21(17-4-2-1-3-5-17)14-29-13-12-27-23(29)28-22/h1-8,12-14,19-20,30H,9-11,15-16,26H2/t19?,24-,25-. The number of nitrogens with zero attached hydrogens (tertiary/aromatic N) is 3. The van der Waals surface area contributed by atoms with Crippen LogP contribution in [0.3, 0.4) is 0 Å². The minimum atomic E-state index is -0.514. The van der Waals surface area contributed by atoms with E-state index in [1.807, 2.05) is 28.8 Å². The van der Waals surface area contributed by atoms with Gasteiger partial charge in [0.25, 0.3) is 0 Å². The second-order valence-electron chi connectivity index (χ2n) is 9.33. The number of allylic oxidation sites excluding steroid dienone is 3. The second kappa shape index (κ2) is 6.37. The number of hydrogen-bond acceptors (Lipinski definition) is 4. The van der Waals surface area contributed by atoms with Crippen molar-refractivity contribution in [1.82, 2.24) is 14.4 Å². The lowest BCUT2D eigenvalue weighted by atomic mass is 9.57. The summed E-state index contributed by atoms with van der Waals surface area (Å²) in [6.07, 6.45) is 17.1. The van der Waals surface area contributed by atoms with Crippen LogP contribution in [0.4, 0.5) is 0 Å². The van der Waals surface area contributed by atoms with Crippen LogP contribution in [0.2, 0.25) is 0 Å². The van der Waals surface area contributed by atoms with E-state index in [4.69, 9.17) is 10.7 Å². The van der Waals surface area contributed by atoms with E-state index in [1.54, 1.807) is 6.20 Å². The number of aromatic nitrogens is 3. The molecule has 0 bridgehead atoms. The summed E-state index contributed by atoms with van der Waals surface area (Å²) >= 11 is 0. The molecule has 0 aliphatic heterocycles. The Kier molecular flexibility index (Phi) is 3.83. The Bertz CT molecular complexity index is 1170. The van der Waals surface area contributed by atoms with Crippen LogP contribution in [-0.4, -0.2) is 30.6 Å². The van der Waals surface area contributed by atoms with E-state index >= 15 is 0 Å². The smallest absolute Gasteiger partial charge is 0.234 e. The molecule has 0 saturated heterocycles. The summed E-state index contributed by atoms with van der Waals surface area (Å²) in [7, 11) is 0. The van der Waals surface area contributed by atoms with E-state index in [0.29, 0.717) is 11.7 Å². The van der Waals surface area contributed by atoms with Crippen molar-refractivity contribution in [3.8, 4) is 11.1 Å². The molecular weight excluding hydrogens is 372 g/mol. The molecule has 3 aliphatic carbocycles. The summed E-state index contributed by atoms with van der Waals surface area (Å²) in [5, 5.41) is 10.7. The van der Waals surface area contributed by atoms with Gasteiger partial charge in [0.05, 0.1) is 11.3 Å². The summed E-state index contributed by atoms with van der Waals surface area (Å²) in [5.74, 6) is 1.44. The number of rotatable bonds is 4. The van der Waals surface area contributed by atoms with Crippen LogP contribution < -0.4 is 5.73 Å². The highest BCUT2D eigenvalue weighted by atomic mass is 16.3. The SMILES string of the molecule is N[C@]1(C2C=CC(c3nc4nccn4cc3-c3ccccc3)=CC2)C[C@](O)(C2CC2)C1. The van der Waals surface area contributed by atoms with E-state index < -0.39 is 5.60 Å². The van der Waals surface area contributed by atoms with Crippen LogP contribution in [0.25, 0.3) is 22.5 Å². The maximum atomic E-state index is 10.7. The Morgan fingerprint density at radius 1 is 1.13 bits per heavy atom. The fourth-order valence-corrected chi connectivity index (χ4v) is 5.38. The van der Waals surface area contributed by atoms with Crippen LogP contribution in [0.1, 0.15) is 37.8 Å². The molecular formula is C25H26N4O. The monoisotopic (exact) mass is 398 g/mol. The van der Waals surface area contributed by atoms with Crippen molar-refractivity contribution in [2.75, 3.05) is 0 Å². The van der Waals surface area contributed by atoms with Crippen molar-refractivity contribution < 1.29 is 5.11 Å². The highest BCUT2D eigenvalue weighted by Gasteiger charge is 2.60. The van der Waals surface area contributed by atoms with Gasteiger partial charge in [-0.25, -0.2) is 9.97 Å². The van der Waals surface area contributed by atoms with Gasteiger partial charge in [-0.15, -0.1) is 0 Å². The predicted octanol–water partition coefficient (Wildman–Crippen LogP) is 3.99. The summed E-state index contributed by atoms with van der Waals surface area (Å²) in [4.78, 5) is 9.25. The molecule has 2 fully saturated rings. The topological polar surface area (TPSA) is 76.4 Å². The third-order valence-electron chi connectivity index (χ3n) is 7.19. The summed E-state index contributed by atoms with van der Waals surface area (Å²) in [5.41, 5.74) is 10.2. The van der Waals surface area contributed by atoms with E-state index in [2.05, 4.69) is 41.5 Å². The second-order valence-corrected chi connectivity index (χ2v) is 9.33. The Morgan fingerprint density at radius 2 is 1.93 bits per heavy atom. The lowest BCUT2D eigenvalue weighted by Crippen LogP contribution is -2.66. The average molecular weight is 399 g/mol. The Morgan fingerprint density at radius 3 is 2.63 bits per heavy atom. The molecule has 1 unspecified atom stereocenters. The molecule has 3 N–H and O–H groups in total. The molecule has 0 radical (unpaired) electrons. The van der Waals surface area contributed by atoms with Crippen molar-refractivity contribution in [3.05, 3.63) is 72.8 Å². The van der Waals surface area contributed by atoms with E-state index in [9.17, 15) is 5.11 Å². The van der Waals surface area contributed by atoms with Gasteiger partial charge in [-0.2, -0.15) is 0 Å². The highest BCUT2D eigenvalue weighted by molar-refractivity contribution is 5.84. The molecule has 0 spiro atoms. The van der Waals surface area contributed by atoms with Gasteiger partial charge in [0.1, 0.15) is 0 Å². The molecule has 0 amide bonds. The van der Waals surface area contributed by atoms with Crippen LogP contribution >= 0.6 is 0 Å². The molecule has 5 nitrogen and oxygen atoms in total. The lowest BCUT2D eigenvalue weighted by molar-refractivity contribution is -0.115. The van der Waals surface area contributed by atoms with E-state index in [0.717, 1.165) is 54.5 Å². The Hall–Kier alpha value is -2.76. The first-order valence-electron chi connectivity index (χ1n) is 10.8. The molecule has 1 aromatic carbocycles. The van der Waals surface area contributed by atoms with Crippen molar-refractivity contribution in [2.24, 2.45) is 17.6 Å². The van der Waals surface area contributed by atoms with Crippen molar-refractivity contribution >= 4 is 11.4 Å². The zero-order chi connectivity index (χ0) is 20.3. The summed E-state index contributed by atoms with van der Waals surface area (Å²) in [6.45, 7) is 0. The number of nitrogens with two attached hydrogens (primary N) is 1. The molecule has 3 aliphatic rings. The molecule has 152 valence electrons. The predicted molar refractivity (Wildman–Crippen MR) is 117 cm³/mol. The maximum Gasteiger partial charge on any atom is 0.234 e. The first-order valence-corrected chi connectivity index (χ1v) is 10.8. The van der Waals surface area contributed by atoms with Crippen LogP contribution in [-0.2, 0) is 0 Å². The summed E-state index contributed by atoms with van der Waals surface area (Å²) in [6, 6.07) is 10.4. The quantitative estimate of drug-likeness (QED) is 0.697. The van der Waals surface area contributed by atoms with Crippen molar-refractivity contribution in [2.45, 2.75) is 43.2 Å². The van der Waals surface area contributed by atoms with E-state index in [1.165, 1.54) is 0 Å². The lowest BCUT2D eigenvalue weighted by Gasteiger charge is -2.55. The van der Waals surface area contributed by atoms with Crippen molar-refractivity contribution in [1.29, 1.82) is 0 Å². The number of imidazole rings is 1. The van der Waals surface area contributed by atoms with Gasteiger partial charge in [-0.3, -0.25) is 4.40 Å². The third kappa shape index (κ3) is 2.84. The number of hydrogen-bond donors (Lipinski definition) is 2. The largest absolute Gasteiger partial charge is 0.389 e. The molecule has 3 aromatic rings. The molecule has 1 atom stereocenters. The first kappa shape index (κ1) is 18.0. The third-order valence-corrected chi connectivity index (χ3v) is 7.19. The van der Waals surface area contributed by atoms with Gasteiger partial charge in [0.2, 0.25) is 5.78 Å². The van der Waals surface area contributed by atoms with Gasteiger partial charge in [0, 0.05) is 29.7 Å². The number of aliphatic hydroxyl groups is 1. The minimum Gasteiger partial charge on any atom is -0.389 e. The zero-order valence-electron chi connectivity index (χ0n) is 16.9. The molecule has 2 aromatic heterocycles. The van der Waals surface area contributed by atoms with Gasteiger partial charge < -0.3 is 10.8 Å². The van der Waals surface area contributed by atoms with Gasteiger partial charge in [-0.05, 0) is 55.1 Å². The van der Waals surface area contributed by atoms with Gasteiger partial charge in [-0.1, -0.05) is 48.6 Å². The number of fused-ring (bicyclic) bond motifs is 1. The maximum absolute atomic E-state index is 10.7. The zero-order valence-corrected chi connectivity index (χ0v) is 16.9. The number of benzene rings is 1. The fraction of sp³-hybridized carbons (Fsp3) is 0.360. The normalized spacial score (nSPS) is 30.9. The van der Waals surface area contributed by atoms with Crippen LogP contribution in [0.5, 0.6) is 0 Å². The van der Waals surface area contributed by atoms with Gasteiger partial charge >= 0.3 is 0 Å². The van der Waals surface area contributed by atoms with Crippen LogP contribution in [0.15, 0.2) is 67.2 Å². The van der Waals surface area contributed by atoms with Gasteiger partial charge in [0.15, 0.2) is 0 Å². The van der Waals surface area contributed by atoms with Crippen molar-refractivity contribution in [3.63, 3.8) is 0 Å². The minimum absolute atomic E-state index is 0.260. The highest BCUT2D eigenvalue weighted by Crippen LogP contribution is 2.56. The molecule has 2 saturated carbocycles. The Labute approximate surface area is 176 Å². The Balaban J connectivity index is 1.31. The average Bonchev–Trinajstić information content (AvgIpc) is 3.51. The van der Waals surface area contributed by atoms with E-state index in [-0.39, 0.29) is 11.5 Å². The van der Waals surface area contributed by atoms with Crippen LogP contribution in [0, 0.1) is 11.8 Å².